The van der Waals surface area contributed by atoms with Gasteiger partial charge in [0.1, 0.15) is 0 Å². The third-order valence-corrected chi connectivity index (χ3v) is 5.09. The largest absolute Gasteiger partial charge is 0.0955 e. The van der Waals surface area contributed by atoms with Crippen molar-refractivity contribution >= 4 is 17.2 Å². The van der Waals surface area contributed by atoms with Crippen molar-refractivity contribution in [3.05, 3.63) is 75.8 Å². The second-order valence-electron chi connectivity index (χ2n) is 6.82. The van der Waals surface area contributed by atoms with Crippen molar-refractivity contribution in [3.63, 3.8) is 0 Å². The van der Waals surface area contributed by atoms with Crippen molar-refractivity contribution in [2.45, 2.75) is 59.3 Å². The molecule has 128 valence electrons. The third kappa shape index (κ3) is 4.51. The molecule has 0 aromatic heterocycles. The Morgan fingerprint density at radius 3 is 2.42 bits per heavy atom. The van der Waals surface area contributed by atoms with Gasteiger partial charge in [0.2, 0.25) is 0 Å². The molecule has 24 heavy (non-hydrogen) atoms. The van der Waals surface area contributed by atoms with Gasteiger partial charge in [-0.2, -0.15) is 0 Å². The predicted molar refractivity (Wildman–Crippen MR) is 108 cm³/mol. The van der Waals surface area contributed by atoms with Crippen LogP contribution in [-0.4, -0.2) is 0 Å². The highest BCUT2D eigenvalue weighted by atomic mass is 35.5. The molecular weight excluding hydrogens is 312 g/mol. The van der Waals surface area contributed by atoms with Crippen molar-refractivity contribution < 1.29 is 0 Å². The summed E-state index contributed by atoms with van der Waals surface area (Å²) in [6.45, 7) is 12.8. The number of aryl methyl sites for hydroxylation is 2. The van der Waals surface area contributed by atoms with Crippen LogP contribution in [0.25, 0.3) is 5.57 Å². The first-order chi connectivity index (χ1) is 11.5. The molecule has 0 nitrogen and oxygen atoms in total. The van der Waals surface area contributed by atoms with Crippen molar-refractivity contribution in [1.82, 2.24) is 0 Å². The Labute approximate surface area is 152 Å². The first-order valence-electron chi connectivity index (χ1n) is 9.00. The number of allylic oxidation sites excluding steroid dienone is 1. The molecule has 0 heterocycles. The van der Waals surface area contributed by atoms with Crippen LogP contribution in [-0.2, 0) is 12.8 Å². The smallest absolute Gasteiger partial charge is 0.0408 e. The van der Waals surface area contributed by atoms with Crippen LogP contribution in [0.3, 0.4) is 0 Å². The van der Waals surface area contributed by atoms with Gasteiger partial charge in [-0.1, -0.05) is 68.3 Å². The molecule has 0 N–H and O–H groups in total. The maximum absolute atomic E-state index is 6.22. The molecule has 1 heteroatoms. The molecule has 0 radical (unpaired) electrons. The lowest BCUT2D eigenvalue weighted by atomic mass is 9.84. The summed E-state index contributed by atoms with van der Waals surface area (Å²) in [5.74, 6) is 0.540. The van der Waals surface area contributed by atoms with E-state index in [9.17, 15) is 0 Å². The predicted octanol–water partition coefficient (Wildman–Crippen LogP) is 7.37. The van der Waals surface area contributed by atoms with Crippen LogP contribution in [0.15, 0.2) is 43.0 Å². The van der Waals surface area contributed by atoms with Crippen LogP contribution in [0, 0.1) is 6.92 Å². The minimum absolute atomic E-state index is 0.540. The van der Waals surface area contributed by atoms with Gasteiger partial charge in [0.15, 0.2) is 0 Å². The molecule has 2 aromatic rings. The van der Waals surface area contributed by atoms with Gasteiger partial charge in [0, 0.05) is 5.02 Å². The second-order valence-corrected chi connectivity index (χ2v) is 7.26. The van der Waals surface area contributed by atoms with Crippen molar-refractivity contribution in [2.24, 2.45) is 0 Å². The fourth-order valence-electron chi connectivity index (χ4n) is 3.39. The lowest BCUT2D eigenvalue weighted by Crippen LogP contribution is -2.07. The summed E-state index contributed by atoms with van der Waals surface area (Å²) in [5.41, 5.74) is 8.03. The van der Waals surface area contributed by atoms with E-state index in [4.69, 9.17) is 11.6 Å². The Kier molecular flexibility index (Phi) is 6.69. The number of halogens is 1. The molecule has 0 fully saturated rings. The molecule has 0 aliphatic heterocycles. The number of hydrogen-bond donors (Lipinski definition) is 0. The zero-order valence-electron chi connectivity index (χ0n) is 15.5. The molecule has 1 unspecified atom stereocenters. The first-order valence-corrected chi connectivity index (χ1v) is 9.37. The minimum Gasteiger partial charge on any atom is -0.0955 e. The quantitative estimate of drug-likeness (QED) is 0.493. The summed E-state index contributed by atoms with van der Waals surface area (Å²) in [5, 5.41) is 0.846. The Morgan fingerprint density at radius 2 is 1.83 bits per heavy atom. The van der Waals surface area contributed by atoms with E-state index in [1.165, 1.54) is 27.8 Å². The molecule has 2 rings (SSSR count). The van der Waals surface area contributed by atoms with E-state index >= 15 is 0 Å². The first kappa shape index (κ1) is 18.8. The molecular formula is C23H29Cl. The van der Waals surface area contributed by atoms with Crippen LogP contribution in [0.1, 0.15) is 67.3 Å². The summed E-state index contributed by atoms with van der Waals surface area (Å²) < 4.78 is 0. The molecule has 0 saturated carbocycles. The fraction of sp³-hybridized carbons (Fsp3) is 0.391. The van der Waals surface area contributed by atoms with Gasteiger partial charge in [-0.3, -0.25) is 0 Å². The van der Waals surface area contributed by atoms with E-state index < -0.39 is 0 Å². The molecule has 0 spiro atoms. The molecule has 2 aromatic carbocycles. The average molecular weight is 341 g/mol. The zero-order valence-corrected chi connectivity index (χ0v) is 16.2. The van der Waals surface area contributed by atoms with Gasteiger partial charge in [-0.25, -0.2) is 0 Å². The highest BCUT2D eigenvalue weighted by Gasteiger charge is 2.16. The molecule has 1 atom stereocenters. The number of benzene rings is 2. The highest BCUT2D eigenvalue weighted by Crippen LogP contribution is 2.31. The van der Waals surface area contributed by atoms with Crippen LogP contribution >= 0.6 is 11.6 Å². The Balaban J connectivity index is 2.32. The third-order valence-electron chi connectivity index (χ3n) is 4.86. The molecule has 0 amide bonds. The Morgan fingerprint density at radius 1 is 1.08 bits per heavy atom. The summed E-state index contributed by atoms with van der Waals surface area (Å²) in [6.07, 6.45) is 4.47. The van der Waals surface area contributed by atoms with Crippen LogP contribution in [0.5, 0.6) is 0 Å². The maximum Gasteiger partial charge on any atom is 0.0408 e. The monoisotopic (exact) mass is 340 g/mol. The van der Waals surface area contributed by atoms with Gasteiger partial charge in [-0.05, 0) is 79.0 Å². The fourth-order valence-corrected chi connectivity index (χ4v) is 3.58. The maximum atomic E-state index is 6.22. The molecule has 0 aliphatic rings. The van der Waals surface area contributed by atoms with Gasteiger partial charge in [0.25, 0.3) is 0 Å². The van der Waals surface area contributed by atoms with E-state index in [1.54, 1.807) is 0 Å². The van der Waals surface area contributed by atoms with Gasteiger partial charge in [-0.15, -0.1) is 0 Å². The number of rotatable bonds is 7. The molecule has 0 aliphatic carbocycles. The summed E-state index contributed by atoms with van der Waals surface area (Å²) in [4.78, 5) is 0. The van der Waals surface area contributed by atoms with Crippen molar-refractivity contribution in [1.29, 1.82) is 0 Å². The van der Waals surface area contributed by atoms with Crippen molar-refractivity contribution in [2.75, 3.05) is 0 Å². The standard InChI is InChI=1S/C23H29Cl/c1-6-8-21-15-22(24)11-12-23(21)18(7-2)14-20-10-9-19(16(3)4)13-17(20)5/h9-13,15,18H,3,6-8,14H2,1-2,4-5H3. The van der Waals surface area contributed by atoms with Gasteiger partial charge >= 0.3 is 0 Å². The normalized spacial score (nSPS) is 12.2. The van der Waals surface area contributed by atoms with Crippen LogP contribution in [0.4, 0.5) is 0 Å². The summed E-state index contributed by atoms with van der Waals surface area (Å²) in [6, 6.07) is 13.2. The molecule has 0 saturated heterocycles. The SMILES string of the molecule is C=C(C)c1ccc(CC(CC)c2ccc(Cl)cc2CCC)c(C)c1. The van der Waals surface area contributed by atoms with E-state index in [1.807, 2.05) is 6.07 Å². The lowest BCUT2D eigenvalue weighted by Gasteiger charge is -2.21. The second kappa shape index (κ2) is 8.53. The number of hydrogen-bond acceptors (Lipinski definition) is 0. The van der Waals surface area contributed by atoms with Crippen LogP contribution in [0.2, 0.25) is 5.02 Å². The Bertz CT molecular complexity index is 712. The van der Waals surface area contributed by atoms with E-state index in [0.29, 0.717) is 5.92 Å². The molecule has 0 bridgehead atoms. The van der Waals surface area contributed by atoms with Crippen LogP contribution < -0.4 is 0 Å². The van der Waals surface area contributed by atoms with Gasteiger partial charge < -0.3 is 0 Å². The topological polar surface area (TPSA) is 0 Å². The lowest BCUT2D eigenvalue weighted by molar-refractivity contribution is 0.648. The average Bonchev–Trinajstić information content (AvgIpc) is 2.54. The Hall–Kier alpha value is -1.53. The zero-order chi connectivity index (χ0) is 17.7. The summed E-state index contributed by atoms with van der Waals surface area (Å²) >= 11 is 6.22. The summed E-state index contributed by atoms with van der Waals surface area (Å²) in [7, 11) is 0. The van der Waals surface area contributed by atoms with E-state index in [2.05, 4.69) is 64.6 Å². The highest BCUT2D eigenvalue weighted by molar-refractivity contribution is 6.30. The van der Waals surface area contributed by atoms with Crippen molar-refractivity contribution in [3.8, 4) is 0 Å². The van der Waals surface area contributed by atoms with Gasteiger partial charge in [0.05, 0.1) is 0 Å². The van der Waals surface area contributed by atoms with E-state index in [0.717, 1.165) is 36.3 Å². The minimum atomic E-state index is 0.540. The van der Waals surface area contributed by atoms with E-state index in [-0.39, 0.29) is 0 Å².